The van der Waals surface area contributed by atoms with Gasteiger partial charge in [0.05, 0.1) is 6.26 Å². The van der Waals surface area contributed by atoms with Gasteiger partial charge in [-0.2, -0.15) is 0 Å². The van der Waals surface area contributed by atoms with Crippen LogP contribution < -0.4 is 5.32 Å². The van der Waals surface area contributed by atoms with Crippen molar-refractivity contribution in [1.82, 2.24) is 10.2 Å². The first-order valence-electron chi connectivity index (χ1n) is 9.39. The largest absolute Gasteiger partial charge is 0.459 e. The summed E-state index contributed by atoms with van der Waals surface area (Å²) in [7, 11) is 0. The summed E-state index contributed by atoms with van der Waals surface area (Å²) in [5.41, 5.74) is 0. The predicted octanol–water partition coefficient (Wildman–Crippen LogP) is 2.97. The third-order valence-corrected chi connectivity index (χ3v) is 5.97. The lowest BCUT2D eigenvalue weighted by Crippen LogP contribution is -2.46. The summed E-state index contributed by atoms with van der Waals surface area (Å²) < 4.78 is 5.20. The molecule has 3 atom stereocenters. The van der Waals surface area contributed by atoms with Gasteiger partial charge in [0.1, 0.15) is 6.04 Å². The first-order valence-corrected chi connectivity index (χ1v) is 9.39. The third kappa shape index (κ3) is 3.08. The maximum Gasteiger partial charge on any atom is 0.290 e. The highest BCUT2D eigenvalue weighted by Crippen LogP contribution is 2.44. The molecule has 1 aromatic rings. The Morgan fingerprint density at radius 1 is 1.12 bits per heavy atom. The van der Waals surface area contributed by atoms with E-state index in [-0.39, 0.29) is 17.9 Å². The number of likely N-dealkylation sites (tertiary alicyclic amines) is 1. The molecule has 3 unspecified atom stereocenters. The molecule has 1 saturated heterocycles. The van der Waals surface area contributed by atoms with Crippen molar-refractivity contribution in [2.45, 2.75) is 63.5 Å². The Hall–Kier alpha value is -1.78. The number of nitrogens with zero attached hydrogens (tertiary/aromatic N) is 1. The van der Waals surface area contributed by atoms with Crippen LogP contribution in [0.15, 0.2) is 22.8 Å². The number of furan rings is 1. The molecule has 2 amide bonds. The van der Waals surface area contributed by atoms with Crippen LogP contribution in [-0.2, 0) is 4.79 Å². The van der Waals surface area contributed by atoms with E-state index in [0.717, 1.165) is 25.2 Å². The number of amides is 2. The molecule has 0 bridgehead atoms. The molecule has 4 rings (SSSR count). The van der Waals surface area contributed by atoms with Gasteiger partial charge in [0.2, 0.25) is 5.91 Å². The Labute approximate surface area is 142 Å². The molecule has 0 radical (unpaired) electrons. The first kappa shape index (κ1) is 15.7. The fraction of sp³-hybridized carbons (Fsp3) is 0.684. The zero-order chi connectivity index (χ0) is 16.5. The second kappa shape index (κ2) is 6.61. The highest BCUT2D eigenvalue weighted by Gasteiger charge is 2.45. The number of nitrogens with one attached hydrogen (secondary N) is 1. The standard InChI is InChI=1S/C19H26N2O3/c22-18(20-15-12-14(15)13-6-2-1-3-7-13)16-8-4-10-21(16)19(23)17-9-5-11-24-17/h5,9,11,13-16H,1-4,6-8,10,12H2,(H,20,22). The molecule has 2 saturated carbocycles. The van der Waals surface area contributed by atoms with Crippen LogP contribution in [0.3, 0.4) is 0 Å². The fourth-order valence-corrected chi connectivity index (χ4v) is 4.57. The molecule has 0 aromatic carbocycles. The number of carbonyl (C=O) groups is 2. The zero-order valence-corrected chi connectivity index (χ0v) is 14.1. The summed E-state index contributed by atoms with van der Waals surface area (Å²) in [6.45, 7) is 0.633. The van der Waals surface area contributed by atoms with Gasteiger partial charge in [-0.15, -0.1) is 0 Å². The summed E-state index contributed by atoms with van der Waals surface area (Å²) in [5.74, 6) is 1.65. The van der Waals surface area contributed by atoms with Gasteiger partial charge in [-0.1, -0.05) is 32.1 Å². The second-order valence-electron chi connectivity index (χ2n) is 7.55. The Morgan fingerprint density at radius 3 is 2.71 bits per heavy atom. The molecule has 1 aromatic heterocycles. The van der Waals surface area contributed by atoms with E-state index >= 15 is 0 Å². The van der Waals surface area contributed by atoms with Crippen LogP contribution in [0.2, 0.25) is 0 Å². The van der Waals surface area contributed by atoms with Crippen molar-refractivity contribution >= 4 is 11.8 Å². The van der Waals surface area contributed by atoms with Crippen LogP contribution in [-0.4, -0.2) is 35.3 Å². The summed E-state index contributed by atoms with van der Waals surface area (Å²) in [5, 5.41) is 3.21. The summed E-state index contributed by atoms with van der Waals surface area (Å²) in [6, 6.07) is 3.37. The van der Waals surface area contributed by atoms with Gasteiger partial charge < -0.3 is 14.6 Å². The van der Waals surface area contributed by atoms with Gasteiger partial charge >= 0.3 is 0 Å². The monoisotopic (exact) mass is 330 g/mol. The minimum atomic E-state index is -0.338. The summed E-state index contributed by atoms with van der Waals surface area (Å²) in [6.07, 6.45) is 10.9. The molecule has 2 aliphatic carbocycles. The lowest BCUT2D eigenvalue weighted by Gasteiger charge is -2.24. The third-order valence-electron chi connectivity index (χ3n) is 5.97. The first-order chi connectivity index (χ1) is 11.7. The van der Waals surface area contributed by atoms with Crippen molar-refractivity contribution < 1.29 is 14.0 Å². The van der Waals surface area contributed by atoms with Crippen LogP contribution in [0.25, 0.3) is 0 Å². The maximum atomic E-state index is 12.7. The van der Waals surface area contributed by atoms with Crippen molar-refractivity contribution in [3.8, 4) is 0 Å². The van der Waals surface area contributed by atoms with Crippen LogP contribution in [0, 0.1) is 11.8 Å². The Kier molecular flexibility index (Phi) is 4.33. The van der Waals surface area contributed by atoms with Crippen LogP contribution >= 0.6 is 0 Å². The van der Waals surface area contributed by atoms with Gasteiger partial charge in [0.15, 0.2) is 5.76 Å². The average molecular weight is 330 g/mol. The molecule has 1 aliphatic heterocycles. The van der Waals surface area contributed by atoms with E-state index in [9.17, 15) is 9.59 Å². The van der Waals surface area contributed by atoms with Crippen LogP contribution in [0.1, 0.15) is 61.9 Å². The Bertz CT molecular complexity index is 592. The molecular formula is C19H26N2O3. The van der Waals surface area contributed by atoms with Gasteiger partial charge in [-0.3, -0.25) is 9.59 Å². The molecule has 24 heavy (non-hydrogen) atoms. The van der Waals surface area contributed by atoms with Crippen LogP contribution in [0.5, 0.6) is 0 Å². The lowest BCUT2D eigenvalue weighted by atomic mass is 9.85. The van der Waals surface area contributed by atoms with Gasteiger partial charge in [0, 0.05) is 12.6 Å². The number of rotatable bonds is 4. The molecule has 3 aliphatic rings. The van der Waals surface area contributed by atoms with E-state index in [2.05, 4.69) is 5.32 Å². The maximum absolute atomic E-state index is 12.7. The molecule has 0 spiro atoms. The minimum absolute atomic E-state index is 0.0238. The molecule has 5 heteroatoms. The highest BCUT2D eigenvalue weighted by molar-refractivity contribution is 5.96. The molecular weight excluding hydrogens is 304 g/mol. The number of carbonyl (C=O) groups excluding carboxylic acids is 2. The van der Waals surface area contributed by atoms with Crippen molar-refractivity contribution in [1.29, 1.82) is 0 Å². The van der Waals surface area contributed by atoms with E-state index in [4.69, 9.17) is 4.42 Å². The van der Waals surface area contributed by atoms with E-state index < -0.39 is 0 Å². The minimum Gasteiger partial charge on any atom is -0.459 e. The topological polar surface area (TPSA) is 62.6 Å². The normalized spacial score (nSPS) is 30.3. The summed E-state index contributed by atoms with van der Waals surface area (Å²) >= 11 is 0. The van der Waals surface area contributed by atoms with Crippen LogP contribution in [0.4, 0.5) is 0 Å². The van der Waals surface area contributed by atoms with E-state index in [1.54, 1.807) is 17.0 Å². The predicted molar refractivity (Wildman–Crippen MR) is 89.4 cm³/mol. The number of hydrogen-bond donors (Lipinski definition) is 1. The second-order valence-corrected chi connectivity index (χ2v) is 7.55. The molecule has 2 heterocycles. The van der Waals surface area contributed by atoms with E-state index in [0.29, 0.717) is 24.3 Å². The molecule has 1 N–H and O–H groups in total. The Morgan fingerprint density at radius 2 is 1.96 bits per heavy atom. The van der Waals surface area contributed by atoms with Crippen molar-refractivity contribution in [2.24, 2.45) is 11.8 Å². The van der Waals surface area contributed by atoms with Crippen molar-refractivity contribution in [2.75, 3.05) is 6.54 Å². The fourth-order valence-electron chi connectivity index (χ4n) is 4.57. The average Bonchev–Trinajstić information content (AvgIpc) is 3.05. The SMILES string of the molecule is O=C(NC1CC1C1CCCCC1)C1CCCN1C(=O)c1ccco1. The molecule has 3 fully saturated rings. The van der Waals surface area contributed by atoms with Crippen molar-refractivity contribution in [3.05, 3.63) is 24.2 Å². The quantitative estimate of drug-likeness (QED) is 0.923. The highest BCUT2D eigenvalue weighted by atomic mass is 16.3. The molecule has 5 nitrogen and oxygen atoms in total. The van der Waals surface area contributed by atoms with Gasteiger partial charge in [-0.25, -0.2) is 0 Å². The molecule has 130 valence electrons. The lowest BCUT2D eigenvalue weighted by molar-refractivity contribution is -0.125. The summed E-state index contributed by atoms with van der Waals surface area (Å²) in [4.78, 5) is 26.8. The van der Waals surface area contributed by atoms with E-state index in [1.165, 1.54) is 38.4 Å². The number of hydrogen-bond acceptors (Lipinski definition) is 3. The van der Waals surface area contributed by atoms with Crippen molar-refractivity contribution in [3.63, 3.8) is 0 Å². The Balaban J connectivity index is 1.33. The smallest absolute Gasteiger partial charge is 0.290 e. The van der Waals surface area contributed by atoms with Gasteiger partial charge in [-0.05, 0) is 43.2 Å². The zero-order valence-electron chi connectivity index (χ0n) is 14.1. The van der Waals surface area contributed by atoms with E-state index in [1.807, 2.05) is 0 Å². The van der Waals surface area contributed by atoms with Gasteiger partial charge in [0.25, 0.3) is 5.91 Å².